The quantitative estimate of drug-likeness (QED) is 0.785. The van der Waals surface area contributed by atoms with Crippen molar-refractivity contribution in [2.24, 2.45) is 0 Å². The second-order valence-electron chi connectivity index (χ2n) is 5.19. The summed E-state index contributed by atoms with van der Waals surface area (Å²) in [5.41, 5.74) is 1.77. The van der Waals surface area contributed by atoms with Gasteiger partial charge in [0.2, 0.25) is 5.91 Å². The average Bonchev–Trinajstić information content (AvgIpc) is 2.57. The van der Waals surface area contributed by atoms with Crippen molar-refractivity contribution in [3.05, 3.63) is 58.6 Å². The maximum atomic E-state index is 12.1. The summed E-state index contributed by atoms with van der Waals surface area (Å²) in [7, 11) is 0. The number of rotatable bonds is 8. The molecule has 0 radical (unpaired) electrons. The normalized spacial score (nSPS) is 10.3. The van der Waals surface area contributed by atoms with Crippen molar-refractivity contribution in [1.29, 1.82) is 0 Å². The summed E-state index contributed by atoms with van der Waals surface area (Å²) in [4.78, 5) is 12.1. The summed E-state index contributed by atoms with van der Waals surface area (Å²) >= 11 is 6.08. The maximum absolute atomic E-state index is 12.1. The Bertz CT molecular complexity index is 688. The van der Waals surface area contributed by atoms with Gasteiger partial charge in [-0.3, -0.25) is 4.79 Å². The Hall–Kier alpha value is -2.20. The van der Waals surface area contributed by atoms with Crippen LogP contribution in [0.4, 0.5) is 0 Å². The van der Waals surface area contributed by atoms with Crippen molar-refractivity contribution < 1.29 is 14.3 Å². The number of nitrogens with one attached hydrogen (secondary N) is 1. The molecule has 2 aromatic carbocycles. The van der Waals surface area contributed by atoms with Crippen molar-refractivity contribution in [3.8, 4) is 11.5 Å². The number of carbonyl (C=O) groups is 1. The molecule has 0 saturated carbocycles. The van der Waals surface area contributed by atoms with Gasteiger partial charge in [0.25, 0.3) is 0 Å². The lowest BCUT2D eigenvalue weighted by Gasteiger charge is -2.13. The molecule has 0 aromatic heterocycles. The fourth-order valence-electron chi connectivity index (χ4n) is 2.28. The van der Waals surface area contributed by atoms with E-state index >= 15 is 0 Å². The van der Waals surface area contributed by atoms with Crippen LogP contribution in [0.2, 0.25) is 5.02 Å². The fourth-order valence-corrected chi connectivity index (χ4v) is 2.49. The van der Waals surface area contributed by atoms with Gasteiger partial charge in [-0.05, 0) is 43.2 Å². The van der Waals surface area contributed by atoms with Crippen LogP contribution in [0.3, 0.4) is 0 Å². The van der Waals surface area contributed by atoms with Gasteiger partial charge in [-0.15, -0.1) is 0 Å². The molecule has 0 saturated heterocycles. The van der Waals surface area contributed by atoms with E-state index in [2.05, 4.69) is 5.32 Å². The molecule has 0 bridgehead atoms. The van der Waals surface area contributed by atoms with E-state index in [1.165, 1.54) is 0 Å². The SMILES string of the molecule is CCOc1ccc(CNC(=O)Cc2ccccc2Cl)cc1OCC. The van der Waals surface area contributed by atoms with Gasteiger partial charge in [0.05, 0.1) is 19.6 Å². The first-order chi connectivity index (χ1) is 11.6. The monoisotopic (exact) mass is 347 g/mol. The lowest BCUT2D eigenvalue weighted by Crippen LogP contribution is -2.24. The first-order valence-electron chi connectivity index (χ1n) is 8.02. The molecule has 4 nitrogen and oxygen atoms in total. The van der Waals surface area contributed by atoms with Gasteiger partial charge in [0, 0.05) is 11.6 Å². The third-order valence-electron chi connectivity index (χ3n) is 3.41. The van der Waals surface area contributed by atoms with E-state index < -0.39 is 0 Å². The van der Waals surface area contributed by atoms with E-state index in [4.69, 9.17) is 21.1 Å². The lowest BCUT2D eigenvalue weighted by molar-refractivity contribution is -0.120. The Labute approximate surface area is 147 Å². The van der Waals surface area contributed by atoms with Gasteiger partial charge >= 0.3 is 0 Å². The van der Waals surface area contributed by atoms with E-state index in [1.807, 2.05) is 50.2 Å². The van der Waals surface area contributed by atoms with Crippen LogP contribution in [0, 0.1) is 0 Å². The Balaban J connectivity index is 1.97. The smallest absolute Gasteiger partial charge is 0.224 e. The summed E-state index contributed by atoms with van der Waals surface area (Å²) < 4.78 is 11.1. The van der Waals surface area contributed by atoms with E-state index in [9.17, 15) is 4.79 Å². The summed E-state index contributed by atoms with van der Waals surface area (Å²) in [5, 5.41) is 3.51. The second kappa shape index (κ2) is 9.18. The molecule has 2 rings (SSSR count). The Morgan fingerprint density at radius 1 is 1.04 bits per heavy atom. The van der Waals surface area contributed by atoms with Gasteiger partial charge in [0.1, 0.15) is 0 Å². The highest BCUT2D eigenvalue weighted by Gasteiger charge is 2.09. The average molecular weight is 348 g/mol. The molecule has 0 unspecified atom stereocenters. The van der Waals surface area contributed by atoms with Crippen molar-refractivity contribution in [1.82, 2.24) is 5.32 Å². The van der Waals surface area contributed by atoms with Gasteiger partial charge < -0.3 is 14.8 Å². The van der Waals surface area contributed by atoms with E-state index in [0.29, 0.717) is 36.3 Å². The molecule has 0 atom stereocenters. The Morgan fingerprint density at radius 3 is 2.46 bits per heavy atom. The molecule has 0 aliphatic heterocycles. The van der Waals surface area contributed by atoms with Crippen LogP contribution in [0.25, 0.3) is 0 Å². The Morgan fingerprint density at radius 2 is 1.75 bits per heavy atom. The Kier molecular flexibility index (Phi) is 6.94. The van der Waals surface area contributed by atoms with Crippen molar-refractivity contribution in [3.63, 3.8) is 0 Å². The molecular weight excluding hydrogens is 326 g/mol. The van der Waals surface area contributed by atoms with Gasteiger partial charge in [-0.25, -0.2) is 0 Å². The van der Waals surface area contributed by atoms with Crippen molar-refractivity contribution in [2.75, 3.05) is 13.2 Å². The summed E-state index contributed by atoms with van der Waals surface area (Å²) in [6.45, 7) is 5.42. The largest absolute Gasteiger partial charge is 0.490 e. The number of benzene rings is 2. The van der Waals surface area contributed by atoms with Gasteiger partial charge in [-0.2, -0.15) is 0 Å². The zero-order valence-corrected chi connectivity index (χ0v) is 14.7. The minimum absolute atomic E-state index is 0.0741. The summed E-state index contributed by atoms with van der Waals surface area (Å²) in [6, 6.07) is 13.0. The van der Waals surface area contributed by atoms with Crippen LogP contribution >= 0.6 is 11.6 Å². The highest BCUT2D eigenvalue weighted by atomic mass is 35.5. The molecule has 128 valence electrons. The second-order valence-corrected chi connectivity index (χ2v) is 5.60. The highest BCUT2D eigenvalue weighted by molar-refractivity contribution is 6.31. The molecule has 0 aliphatic carbocycles. The third-order valence-corrected chi connectivity index (χ3v) is 3.78. The van der Waals surface area contributed by atoms with E-state index in [1.54, 1.807) is 6.07 Å². The zero-order valence-electron chi connectivity index (χ0n) is 14.0. The summed E-state index contributed by atoms with van der Waals surface area (Å²) in [5.74, 6) is 1.33. The minimum Gasteiger partial charge on any atom is -0.490 e. The maximum Gasteiger partial charge on any atom is 0.224 e. The lowest BCUT2D eigenvalue weighted by atomic mass is 10.1. The van der Waals surface area contributed by atoms with Crippen molar-refractivity contribution in [2.45, 2.75) is 26.8 Å². The van der Waals surface area contributed by atoms with Gasteiger partial charge in [-0.1, -0.05) is 35.9 Å². The molecule has 2 aromatic rings. The zero-order chi connectivity index (χ0) is 17.4. The summed E-state index contributed by atoms with van der Waals surface area (Å²) in [6.07, 6.45) is 0.259. The molecule has 1 amide bonds. The number of amides is 1. The fraction of sp³-hybridized carbons (Fsp3) is 0.316. The predicted octanol–water partition coefficient (Wildman–Crippen LogP) is 4.00. The first kappa shape index (κ1) is 18.1. The molecule has 0 heterocycles. The predicted molar refractivity (Wildman–Crippen MR) is 95.8 cm³/mol. The van der Waals surface area contributed by atoms with Crippen LogP contribution in [0.15, 0.2) is 42.5 Å². The molecule has 1 N–H and O–H groups in total. The topological polar surface area (TPSA) is 47.6 Å². The van der Waals surface area contributed by atoms with E-state index in [-0.39, 0.29) is 12.3 Å². The van der Waals surface area contributed by atoms with Crippen LogP contribution in [0.1, 0.15) is 25.0 Å². The third kappa shape index (κ3) is 5.17. The number of hydrogen-bond donors (Lipinski definition) is 1. The molecule has 0 spiro atoms. The van der Waals surface area contributed by atoms with Crippen LogP contribution < -0.4 is 14.8 Å². The standard InChI is InChI=1S/C19H22ClNO3/c1-3-23-17-10-9-14(11-18(17)24-4-2)13-21-19(22)12-15-7-5-6-8-16(15)20/h5-11H,3-4,12-13H2,1-2H3,(H,21,22). The van der Waals surface area contributed by atoms with Crippen molar-refractivity contribution >= 4 is 17.5 Å². The number of halogens is 1. The van der Waals surface area contributed by atoms with E-state index in [0.717, 1.165) is 11.1 Å². The molecule has 5 heteroatoms. The minimum atomic E-state index is -0.0741. The molecule has 0 aliphatic rings. The first-order valence-corrected chi connectivity index (χ1v) is 8.40. The van der Waals surface area contributed by atoms with Crippen LogP contribution in [-0.2, 0) is 17.8 Å². The number of carbonyl (C=O) groups excluding carboxylic acids is 1. The molecule has 24 heavy (non-hydrogen) atoms. The van der Waals surface area contributed by atoms with Gasteiger partial charge in [0.15, 0.2) is 11.5 Å². The van der Waals surface area contributed by atoms with Crippen LogP contribution in [-0.4, -0.2) is 19.1 Å². The highest BCUT2D eigenvalue weighted by Crippen LogP contribution is 2.28. The molecular formula is C19H22ClNO3. The van der Waals surface area contributed by atoms with Crippen LogP contribution in [0.5, 0.6) is 11.5 Å². The molecule has 0 fully saturated rings. The number of hydrogen-bond acceptors (Lipinski definition) is 3. The number of ether oxygens (including phenoxy) is 2.